The molecule has 0 spiro atoms. The number of aliphatic hydroxyl groups is 1. The van der Waals surface area contributed by atoms with E-state index in [9.17, 15) is 9.90 Å². The van der Waals surface area contributed by atoms with Crippen molar-refractivity contribution >= 4 is 28.0 Å². The Hall–Kier alpha value is -1.60. The molecule has 1 aliphatic rings. The van der Waals surface area contributed by atoms with E-state index in [0.29, 0.717) is 6.54 Å². The smallest absolute Gasteiger partial charge is 0.227 e. The Morgan fingerprint density at radius 2 is 2.45 bits per heavy atom. The molecule has 0 aromatic carbocycles. The molecule has 1 unspecified atom stereocenters. The number of rotatable bonds is 3. The van der Waals surface area contributed by atoms with Crippen LogP contribution < -0.4 is 10.2 Å². The predicted octanol–water partition coefficient (Wildman–Crippen LogP) is 0.850. The molecule has 2 aromatic rings. The zero-order valence-electron chi connectivity index (χ0n) is 11.6. The molecule has 3 heterocycles. The zero-order valence-corrected chi connectivity index (χ0v) is 12.4. The largest absolute Gasteiger partial charge is 0.390 e. The summed E-state index contributed by atoms with van der Waals surface area (Å²) >= 11 is 1.54. The third-order valence-corrected chi connectivity index (χ3v) is 4.79. The molecular weight excluding hydrogens is 276 g/mol. The lowest BCUT2D eigenvalue weighted by molar-refractivity contribution is -0.128. The van der Waals surface area contributed by atoms with Crippen molar-refractivity contribution in [1.82, 2.24) is 14.7 Å². The molecule has 0 radical (unpaired) electrons. The van der Waals surface area contributed by atoms with Crippen LogP contribution in [0.3, 0.4) is 0 Å². The minimum Gasteiger partial charge on any atom is -0.390 e. The molecule has 3 rings (SSSR count). The van der Waals surface area contributed by atoms with Gasteiger partial charge in [0.05, 0.1) is 17.7 Å². The van der Waals surface area contributed by atoms with Crippen LogP contribution in [-0.2, 0) is 11.4 Å². The molecule has 1 saturated heterocycles. The quantitative estimate of drug-likeness (QED) is 0.880. The number of imidazole rings is 1. The van der Waals surface area contributed by atoms with Crippen molar-refractivity contribution in [3.63, 3.8) is 0 Å². The predicted molar refractivity (Wildman–Crippen MR) is 78.0 cm³/mol. The average molecular weight is 294 g/mol. The molecule has 6 nitrogen and oxygen atoms in total. The van der Waals surface area contributed by atoms with E-state index in [2.05, 4.69) is 15.2 Å². The first-order chi connectivity index (χ1) is 9.59. The Morgan fingerprint density at radius 3 is 3.15 bits per heavy atom. The number of amides is 1. The van der Waals surface area contributed by atoms with E-state index in [1.807, 2.05) is 22.9 Å². The van der Waals surface area contributed by atoms with E-state index in [1.54, 1.807) is 18.4 Å². The highest BCUT2D eigenvalue weighted by molar-refractivity contribution is 7.15. The van der Waals surface area contributed by atoms with Gasteiger partial charge in [-0.3, -0.25) is 9.20 Å². The van der Waals surface area contributed by atoms with Gasteiger partial charge in [0.1, 0.15) is 0 Å². The second kappa shape index (κ2) is 4.75. The van der Waals surface area contributed by atoms with Crippen molar-refractivity contribution < 1.29 is 9.90 Å². The SMILES string of the molecule is CNC(=O)C1(C)CCN(c2nc3sccn3c2CO)C1. The van der Waals surface area contributed by atoms with E-state index in [0.717, 1.165) is 29.4 Å². The van der Waals surface area contributed by atoms with Crippen LogP contribution >= 0.6 is 11.3 Å². The molecule has 108 valence electrons. The maximum absolute atomic E-state index is 12.0. The number of thiazole rings is 1. The topological polar surface area (TPSA) is 69.9 Å². The number of aliphatic hydroxyl groups excluding tert-OH is 1. The molecule has 1 atom stereocenters. The van der Waals surface area contributed by atoms with Crippen LogP contribution in [0.5, 0.6) is 0 Å². The molecule has 2 N–H and O–H groups in total. The fraction of sp³-hybridized carbons (Fsp3) is 0.538. The Labute approximate surface area is 121 Å². The summed E-state index contributed by atoms with van der Waals surface area (Å²) in [7, 11) is 1.67. The summed E-state index contributed by atoms with van der Waals surface area (Å²) < 4.78 is 1.91. The fourth-order valence-electron chi connectivity index (χ4n) is 2.85. The summed E-state index contributed by atoms with van der Waals surface area (Å²) in [4.78, 5) is 19.5. The van der Waals surface area contributed by atoms with Crippen LogP contribution in [0.1, 0.15) is 19.0 Å². The summed E-state index contributed by atoms with van der Waals surface area (Å²) in [5.41, 5.74) is 0.404. The number of aromatic nitrogens is 2. The first-order valence-electron chi connectivity index (χ1n) is 6.61. The lowest BCUT2D eigenvalue weighted by Crippen LogP contribution is -2.39. The van der Waals surface area contributed by atoms with E-state index in [1.165, 1.54) is 0 Å². The first-order valence-corrected chi connectivity index (χ1v) is 7.49. The van der Waals surface area contributed by atoms with Gasteiger partial charge in [0.2, 0.25) is 5.91 Å². The summed E-state index contributed by atoms with van der Waals surface area (Å²) in [6, 6.07) is 0. The normalized spacial score (nSPS) is 22.6. The van der Waals surface area contributed by atoms with Crippen LogP contribution in [0.25, 0.3) is 4.96 Å². The van der Waals surface area contributed by atoms with E-state index in [4.69, 9.17) is 0 Å². The van der Waals surface area contributed by atoms with Crippen molar-refractivity contribution in [2.24, 2.45) is 5.41 Å². The minimum atomic E-state index is -0.390. The van der Waals surface area contributed by atoms with E-state index >= 15 is 0 Å². The van der Waals surface area contributed by atoms with Gasteiger partial charge in [-0.15, -0.1) is 11.3 Å². The molecule has 1 fully saturated rings. The number of nitrogens with one attached hydrogen (secondary N) is 1. The van der Waals surface area contributed by atoms with Crippen molar-refractivity contribution in [2.45, 2.75) is 20.0 Å². The van der Waals surface area contributed by atoms with Crippen LogP contribution in [0.4, 0.5) is 5.82 Å². The summed E-state index contributed by atoms with van der Waals surface area (Å²) in [6.45, 7) is 3.33. The van der Waals surface area contributed by atoms with Crippen molar-refractivity contribution in [1.29, 1.82) is 0 Å². The molecule has 1 amide bonds. The van der Waals surface area contributed by atoms with Gasteiger partial charge >= 0.3 is 0 Å². The van der Waals surface area contributed by atoms with E-state index < -0.39 is 5.41 Å². The molecule has 20 heavy (non-hydrogen) atoms. The van der Waals surface area contributed by atoms with Crippen LogP contribution in [0.15, 0.2) is 11.6 Å². The molecule has 2 aromatic heterocycles. The van der Waals surface area contributed by atoms with Crippen molar-refractivity contribution in [2.75, 3.05) is 25.0 Å². The van der Waals surface area contributed by atoms with Crippen LogP contribution in [-0.4, -0.2) is 40.5 Å². The third kappa shape index (κ3) is 1.89. The van der Waals surface area contributed by atoms with Gasteiger partial charge in [0.25, 0.3) is 0 Å². The van der Waals surface area contributed by atoms with Gasteiger partial charge in [-0.1, -0.05) is 0 Å². The number of fused-ring (bicyclic) bond motifs is 1. The first kappa shape index (κ1) is 13.4. The van der Waals surface area contributed by atoms with Gasteiger partial charge in [-0.05, 0) is 13.3 Å². The van der Waals surface area contributed by atoms with Gasteiger partial charge in [0, 0.05) is 31.7 Å². The number of hydrogen-bond donors (Lipinski definition) is 2. The number of carbonyl (C=O) groups is 1. The standard InChI is InChI=1S/C13H18N4O2S/c1-13(11(19)14-2)3-4-16(8-13)10-9(7-18)17-5-6-20-12(17)15-10/h5-6,18H,3-4,7-8H2,1-2H3,(H,14,19). The van der Waals surface area contributed by atoms with Crippen LogP contribution in [0.2, 0.25) is 0 Å². The van der Waals surface area contributed by atoms with Crippen LogP contribution in [0, 0.1) is 5.41 Å². The average Bonchev–Trinajstić information content (AvgIpc) is 3.11. The molecule has 1 aliphatic heterocycles. The zero-order chi connectivity index (χ0) is 14.3. The van der Waals surface area contributed by atoms with Gasteiger partial charge in [-0.2, -0.15) is 0 Å². The summed E-state index contributed by atoms with van der Waals surface area (Å²) in [6.07, 6.45) is 2.71. The van der Waals surface area contributed by atoms with Crippen molar-refractivity contribution in [3.05, 3.63) is 17.3 Å². The monoisotopic (exact) mass is 294 g/mol. The second-order valence-electron chi connectivity index (χ2n) is 5.41. The number of carbonyl (C=O) groups excluding carboxylic acids is 1. The summed E-state index contributed by atoms with van der Waals surface area (Å²) in [5.74, 6) is 0.860. The highest BCUT2D eigenvalue weighted by atomic mass is 32.1. The maximum atomic E-state index is 12.0. The molecule has 0 saturated carbocycles. The highest BCUT2D eigenvalue weighted by Crippen LogP contribution is 2.35. The Morgan fingerprint density at radius 1 is 1.65 bits per heavy atom. The second-order valence-corrected chi connectivity index (χ2v) is 6.28. The van der Waals surface area contributed by atoms with Gasteiger partial charge < -0.3 is 15.3 Å². The number of nitrogens with zero attached hydrogens (tertiary/aromatic N) is 3. The summed E-state index contributed by atoms with van der Waals surface area (Å²) in [5, 5.41) is 14.3. The fourth-order valence-corrected chi connectivity index (χ4v) is 3.58. The highest BCUT2D eigenvalue weighted by Gasteiger charge is 2.41. The third-order valence-electron chi connectivity index (χ3n) is 4.04. The molecule has 0 aliphatic carbocycles. The lowest BCUT2D eigenvalue weighted by atomic mass is 9.89. The minimum absolute atomic E-state index is 0.0551. The van der Waals surface area contributed by atoms with Gasteiger partial charge in [0.15, 0.2) is 10.8 Å². The molecule has 7 heteroatoms. The van der Waals surface area contributed by atoms with Crippen molar-refractivity contribution in [3.8, 4) is 0 Å². The Balaban J connectivity index is 1.93. The van der Waals surface area contributed by atoms with Gasteiger partial charge in [-0.25, -0.2) is 4.98 Å². The maximum Gasteiger partial charge on any atom is 0.227 e. The molecular formula is C13H18N4O2S. The Kier molecular flexibility index (Phi) is 3.18. The molecule has 0 bridgehead atoms. The Bertz CT molecular complexity index is 650. The van der Waals surface area contributed by atoms with E-state index in [-0.39, 0.29) is 12.5 Å². The number of anilines is 1. The lowest BCUT2D eigenvalue weighted by Gasteiger charge is -2.23. The number of hydrogen-bond acceptors (Lipinski definition) is 5.